The number of hydrogen-bond acceptors (Lipinski definition) is 7. The van der Waals surface area contributed by atoms with Crippen molar-refractivity contribution < 1.29 is 29.0 Å². The van der Waals surface area contributed by atoms with Crippen LogP contribution in [-0.2, 0) is 19.1 Å². The molecular formula is C10H19N3O6. The molecule has 0 saturated heterocycles. The summed E-state index contributed by atoms with van der Waals surface area (Å²) < 4.78 is 9.19. The van der Waals surface area contributed by atoms with E-state index in [1.807, 2.05) is 0 Å². The lowest BCUT2D eigenvalue weighted by Crippen LogP contribution is -2.15. The van der Waals surface area contributed by atoms with Crippen LogP contribution in [0.25, 0.3) is 0 Å². The molecule has 9 heteroatoms. The Hall–Kier alpha value is -2.06. The van der Waals surface area contributed by atoms with Crippen LogP contribution in [-0.4, -0.2) is 48.7 Å². The quantitative estimate of drug-likeness (QED) is 0.224. The molecular weight excluding hydrogens is 258 g/mol. The molecule has 0 aliphatic carbocycles. The fourth-order valence-corrected chi connectivity index (χ4v) is 0.916. The molecule has 9 nitrogen and oxygen atoms in total. The Morgan fingerprint density at radius 1 is 1.37 bits per heavy atom. The zero-order valence-corrected chi connectivity index (χ0v) is 11.2. The number of nitrogens with zero attached hydrogens (tertiary/aromatic N) is 3. The van der Waals surface area contributed by atoms with Gasteiger partial charge in [0.05, 0.1) is 6.10 Å². The van der Waals surface area contributed by atoms with E-state index in [4.69, 9.17) is 5.11 Å². The number of rotatable bonds is 9. The van der Waals surface area contributed by atoms with Gasteiger partial charge in [-0.3, -0.25) is 9.80 Å². The topological polar surface area (TPSA) is 110 Å². The Labute approximate surface area is 111 Å². The fourth-order valence-electron chi connectivity index (χ4n) is 0.916. The second-order valence-electron chi connectivity index (χ2n) is 3.86. The lowest BCUT2D eigenvalue weighted by molar-refractivity contribution is -0.137. The van der Waals surface area contributed by atoms with Gasteiger partial charge in [-0.2, -0.15) is 0 Å². The van der Waals surface area contributed by atoms with Crippen molar-refractivity contribution in [2.45, 2.75) is 32.8 Å². The number of carboxylic acids is 1. The monoisotopic (exact) mass is 277 g/mol. The second-order valence-corrected chi connectivity index (χ2v) is 3.86. The van der Waals surface area contributed by atoms with Gasteiger partial charge < -0.3 is 19.4 Å². The standard InChI is InChI=1S/C10H19N3O6/c1-8(2)19-10(16)17-7-18-12-11-13(3)6-4-5-9(14)15/h8H,4-7H2,1-3H3,(H,14,15)/b12-11-. The molecule has 0 spiro atoms. The van der Waals surface area contributed by atoms with Gasteiger partial charge in [0.1, 0.15) is 0 Å². The molecule has 0 bridgehead atoms. The van der Waals surface area contributed by atoms with Gasteiger partial charge in [0.2, 0.25) is 0 Å². The number of carboxylic acid groups (broad SMARTS) is 1. The van der Waals surface area contributed by atoms with Crippen molar-refractivity contribution in [3.63, 3.8) is 0 Å². The number of carbonyl (C=O) groups is 2. The second kappa shape index (κ2) is 9.92. The summed E-state index contributed by atoms with van der Waals surface area (Å²) in [6.07, 6.45) is -0.609. The first-order chi connectivity index (χ1) is 8.91. The van der Waals surface area contributed by atoms with Crippen molar-refractivity contribution in [2.24, 2.45) is 10.5 Å². The highest BCUT2D eigenvalue weighted by Crippen LogP contribution is 1.96. The summed E-state index contributed by atoms with van der Waals surface area (Å²) >= 11 is 0. The zero-order chi connectivity index (χ0) is 14.7. The molecule has 0 aromatic rings. The average Bonchev–Trinajstić information content (AvgIpc) is 2.26. The third kappa shape index (κ3) is 12.2. The van der Waals surface area contributed by atoms with E-state index in [9.17, 15) is 9.59 Å². The van der Waals surface area contributed by atoms with E-state index in [1.54, 1.807) is 20.9 Å². The Balaban J connectivity index is 3.56. The SMILES string of the molecule is CC(C)OC(=O)OCO/N=N\N(C)CCCC(=O)O. The molecule has 0 aromatic carbocycles. The maximum absolute atomic E-state index is 10.9. The molecule has 0 rings (SSSR count). The van der Waals surface area contributed by atoms with E-state index in [2.05, 4.69) is 24.8 Å². The van der Waals surface area contributed by atoms with Gasteiger partial charge in [-0.25, -0.2) is 4.79 Å². The average molecular weight is 277 g/mol. The lowest BCUT2D eigenvalue weighted by Gasteiger charge is -2.09. The van der Waals surface area contributed by atoms with Gasteiger partial charge in [0.15, 0.2) is 0 Å². The molecule has 0 radical (unpaired) electrons. The normalized spacial score (nSPS) is 10.5. The highest BCUT2D eigenvalue weighted by atomic mass is 16.8. The summed E-state index contributed by atoms with van der Waals surface area (Å²) in [4.78, 5) is 25.7. The van der Waals surface area contributed by atoms with Gasteiger partial charge in [-0.05, 0) is 25.5 Å². The zero-order valence-electron chi connectivity index (χ0n) is 11.2. The van der Waals surface area contributed by atoms with Crippen LogP contribution in [0.2, 0.25) is 0 Å². The summed E-state index contributed by atoms with van der Waals surface area (Å²) in [6.45, 7) is 3.40. The molecule has 0 aromatic heterocycles. The van der Waals surface area contributed by atoms with Crippen LogP contribution in [0.1, 0.15) is 26.7 Å². The van der Waals surface area contributed by atoms with E-state index in [0.717, 1.165) is 0 Å². The third-order valence-electron chi connectivity index (χ3n) is 1.68. The van der Waals surface area contributed by atoms with E-state index >= 15 is 0 Å². The minimum atomic E-state index is -0.862. The Kier molecular flexibility index (Phi) is 8.84. The van der Waals surface area contributed by atoms with Crippen molar-refractivity contribution in [1.29, 1.82) is 0 Å². The van der Waals surface area contributed by atoms with E-state index in [1.165, 1.54) is 5.01 Å². The molecule has 0 fully saturated rings. The number of aliphatic carboxylic acids is 1. The smallest absolute Gasteiger partial charge is 0.481 e. The lowest BCUT2D eigenvalue weighted by atomic mass is 10.3. The number of ether oxygens (including phenoxy) is 2. The highest BCUT2D eigenvalue weighted by molar-refractivity contribution is 5.66. The van der Waals surface area contributed by atoms with Crippen molar-refractivity contribution in [3.05, 3.63) is 0 Å². The number of carbonyl (C=O) groups excluding carboxylic acids is 1. The summed E-state index contributed by atoms with van der Waals surface area (Å²) in [6, 6.07) is 0. The molecule has 1 N–H and O–H groups in total. The van der Waals surface area contributed by atoms with Gasteiger partial charge >= 0.3 is 12.1 Å². The van der Waals surface area contributed by atoms with Gasteiger partial charge in [-0.1, -0.05) is 0 Å². The van der Waals surface area contributed by atoms with Crippen LogP contribution in [0, 0.1) is 0 Å². The van der Waals surface area contributed by atoms with E-state index in [0.29, 0.717) is 13.0 Å². The molecule has 0 aliphatic rings. The van der Waals surface area contributed by atoms with Crippen LogP contribution in [0.5, 0.6) is 0 Å². The van der Waals surface area contributed by atoms with Gasteiger partial charge in [0.25, 0.3) is 6.79 Å². The molecule has 0 heterocycles. The molecule has 110 valence electrons. The summed E-state index contributed by atoms with van der Waals surface area (Å²) in [5, 5.41) is 16.7. The van der Waals surface area contributed by atoms with Crippen molar-refractivity contribution in [1.82, 2.24) is 5.01 Å². The van der Waals surface area contributed by atoms with Crippen LogP contribution in [0.15, 0.2) is 10.5 Å². The first-order valence-electron chi connectivity index (χ1n) is 5.71. The molecule has 19 heavy (non-hydrogen) atoms. The summed E-state index contributed by atoms with van der Waals surface area (Å²) in [5.41, 5.74) is 0. The molecule has 0 unspecified atom stereocenters. The number of hydrogen-bond donors (Lipinski definition) is 1. The van der Waals surface area contributed by atoms with Gasteiger partial charge in [0, 0.05) is 25.3 Å². The Bertz CT molecular complexity index is 308. The van der Waals surface area contributed by atoms with Crippen molar-refractivity contribution in [3.8, 4) is 0 Å². The van der Waals surface area contributed by atoms with Crippen LogP contribution in [0.4, 0.5) is 4.79 Å². The molecule has 0 atom stereocenters. The van der Waals surface area contributed by atoms with Gasteiger partial charge in [-0.15, -0.1) is 0 Å². The summed E-state index contributed by atoms with van der Waals surface area (Å²) in [7, 11) is 1.61. The minimum Gasteiger partial charge on any atom is -0.481 e. The van der Waals surface area contributed by atoms with Crippen molar-refractivity contribution >= 4 is 12.1 Å². The molecule has 0 saturated carbocycles. The molecule has 0 aliphatic heterocycles. The van der Waals surface area contributed by atoms with E-state index < -0.39 is 18.9 Å². The Morgan fingerprint density at radius 2 is 2.05 bits per heavy atom. The Morgan fingerprint density at radius 3 is 2.63 bits per heavy atom. The van der Waals surface area contributed by atoms with Crippen LogP contribution in [0.3, 0.4) is 0 Å². The maximum atomic E-state index is 10.9. The first-order valence-corrected chi connectivity index (χ1v) is 5.71. The minimum absolute atomic E-state index is 0.0604. The van der Waals surface area contributed by atoms with E-state index in [-0.39, 0.29) is 12.5 Å². The summed E-state index contributed by atoms with van der Waals surface area (Å²) in [5.74, 6) is -0.862. The molecule has 0 amide bonds. The first kappa shape index (κ1) is 16.9. The third-order valence-corrected chi connectivity index (χ3v) is 1.68. The maximum Gasteiger partial charge on any atom is 0.511 e. The predicted molar refractivity (Wildman–Crippen MR) is 63.0 cm³/mol. The van der Waals surface area contributed by atoms with Crippen LogP contribution < -0.4 is 0 Å². The fraction of sp³-hybridized carbons (Fsp3) is 0.800. The predicted octanol–water partition coefficient (Wildman–Crippen LogP) is 1.60. The highest BCUT2D eigenvalue weighted by Gasteiger charge is 2.05. The largest absolute Gasteiger partial charge is 0.511 e. The van der Waals surface area contributed by atoms with Crippen molar-refractivity contribution in [2.75, 3.05) is 20.4 Å². The van der Waals surface area contributed by atoms with Crippen LogP contribution >= 0.6 is 0 Å².